The Morgan fingerprint density at radius 1 is 1.50 bits per heavy atom. The topological polar surface area (TPSA) is 97.4 Å². The van der Waals surface area contributed by atoms with Gasteiger partial charge in [-0.25, -0.2) is 0 Å². The van der Waals surface area contributed by atoms with Gasteiger partial charge in [0.1, 0.15) is 11.9 Å². The first-order valence-corrected chi connectivity index (χ1v) is 6.25. The second-order valence-electron chi connectivity index (χ2n) is 4.33. The van der Waals surface area contributed by atoms with E-state index in [2.05, 4.69) is 5.16 Å². The Morgan fingerprint density at radius 2 is 2.25 bits per heavy atom. The van der Waals surface area contributed by atoms with Crippen molar-refractivity contribution >= 4 is 11.7 Å². The standard InChI is InChI=1S/C13H17N3O4/c14-13(15-18)11-8-16(6-7-19-11)12(17)9-20-10-4-2-1-3-5-10/h1-5,11,18H,6-9H2,(H2,14,15). The molecule has 1 heterocycles. The molecule has 7 heteroatoms. The molecule has 1 aliphatic rings. The molecule has 1 saturated heterocycles. The van der Waals surface area contributed by atoms with Gasteiger partial charge in [0.05, 0.1) is 13.2 Å². The Labute approximate surface area is 116 Å². The van der Waals surface area contributed by atoms with Gasteiger partial charge in [-0.05, 0) is 12.1 Å². The first-order chi connectivity index (χ1) is 9.70. The van der Waals surface area contributed by atoms with Crippen molar-refractivity contribution < 1.29 is 19.5 Å². The van der Waals surface area contributed by atoms with Gasteiger partial charge in [-0.15, -0.1) is 0 Å². The number of ether oxygens (including phenoxy) is 2. The van der Waals surface area contributed by atoms with Gasteiger partial charge >= 0.3 is 0 Å². The molecule has 2 rings (SSSR count). The fraction of sp³-hybridized carbons (Fsp3) is 0.385. The maximum atomic E-state index is 12.0. The molecule has 0 bridgehead atoms. The van der Waals surface area contributed by atoms with Crippen LogP contribution in [-0.2, 0) is 9.53 Å². The first-order valence-electron chi connectivity index (χ1n) is 6.25. The third-order valence-corrected chi connectivity index (χ3v) is 2.97. The van der Waals surface area contributed by atoms with Gasteiger partial charge in [-0.3, -0.25) is 4.79 Å². The lowest BCUT2D eigenvalue weighted by molar-refractivity contribution is -0.138. The molecule has 7 nitrogen and oxygen atoms in total. The maximum absolute atomic E-state index is 12.0. The van der Waals surface area contributed by atoms with Crippen molar-refractivity contribution in [3.63, 3.8) is 0 Å². The van der Waals surface area contributed by atoms with Crippen LogP contribution < -0.4 is 10.5 Å². The van der Waals surface area contributed by atoms with Crippen LogP contribution in [0.5, 0.6) is 5.75 Å². The Hall–Kier alpha value is -2.28. The predicted molar refractivity (Wildman–Crippen MR) is 71.7 cm³/mol. The van der Waals surface area contributed by atoms with Gasteiger partial charge in [-0.1, -0.05) is 23.4 Å². The zero-order valence-electron chi connectivity index (χ0n) is 10.9. The molecule has 0 saturated carbocycles. The maximum Gasteiger partial charge on any atom is 0.260 e. The van der Waals surface area contributed by atoms with Gasteiger partial charge in [0, 0.05) is 6.54 Å². The molecule has 0 radical (unpaired) electrons. The van der Waals surface area contributed by atoms with E-state index in [9.17, 15) is 4.79 Å². The summed E-state index contributed by atoms with van der Waals surface area (Å²) in [6.45, 7) is 1.02. The number of oxime groups is 1. The molecule has 3 N–H and O–H groups in total. The molecular formula is C13H17N3O4. The number of amidine groups is 1. The smallest absolute Gasteiger partial charge is 0.260 e. The molecule has 1 aromatic carbocycles. The van der Waals surface area contributed by atoms with Crippen molar-refractivity contribution in [1.82, 2.24) is 4.90 Å². The molecule has 1 aliphatic heterocycles. The monoisotopic (exact) mass is 279 g/mol. The minimum atomic E-state index is -0.575. The van der Waals surface area contributed by atoms with Crippen LogP contribution in [0.2, 0.25) is 0 Å². The number of nitrogens with two attached hydrogens (primary N) is 1. The molecule has 1 unspecified atom stereocenters. The molecule has 1 amide bonds. The van der Waals surface area contributed by atoms with Crippen molar-refractivity contribution in [2.24, 2.45) is 10.9 Å². The van der Waals surface area contributed by atoms with Crippen LogP contribution in [-0.4, -0.2) is 54.3 Å². The zero-order valence-corrected chi connectivity index (χ0v) is 10.9. The number of rotatable bonds is 4. The number of benzene rings is 1. The highest BCUT2D eigenvalue weighted by molar-refractivity contribution is 5.86. The van der Waals surface area contributed by atoms with E-state index in [1.165, 1.54) is 0 Å². The third kappa shape index (κ3) is 3.61. The van der Waals surface area contributed by atoms with Crippen LogP contribution in [0.25, 0.3) is 0 Å². The fourth-order valence-electron chi connectivity index (χ4n) is 1.87. The van der Waals surface area contributed by atoms with Crippen LogP contribution in [0, 0.1) is 0 Å². The van der Waals surface area contributed by atoms with Crippen LogP contribution >= 0.6 is 0 Å². The Balaban J connectivity index is 1.86. The Kier molecular flexibility index (Phi) is 4.78. The number of carbonyl (C=O) groups excluding carboxylic acids is 1. The van der Waals surface area contributed by atoms with E-state index >= 15 is 0 Å². The van der Waals surface area contributed by atoms with E-state index in [4.69, 9.17) is 20.4 Å². The number of nitrogens with zero attached hydrogens (tertiary/aromatic N) is 2. The summed E-state index contributed by atoms with van der Waals surface area (Å²) in [6, 6.07) is 9.11. The zero-order chi connectivity index (χ0) is 14.4. The van der Waals surface area contributed by atoms with Crippen molar-refractivity contribution in [3.8, 4) is 5.75 Å². The quantitative estimate of drug-likeness (QED) is 0.351. The highest BCUT2D eigenvalue weighted by Crippen LogP contribution is 2.10. The summed E-state index contributed by atoms with van der Waals surface area (Å²) < 4.78 is 10.7. The van der Waals surface area contributed by atoms with Gasteiger partial charge in [0.15, 0.2) is 12.4 Å². The summed E-state index contributed by atoms with van der Waals surface area (Å²) in [7, 11) is 0. The van der Waals surface area contributed by atoms with Gasteiger partial charge in [-0.2, -0.15) is 0 Å². The number of morpholine rings is 1. The van der Waals surface area contributed by atoms with Gasteiger partial charge in [0.2, 0.25) is 0 Å². The Bertz CT molecular complexity index is 478. The second kappa shape index (κ2) is 6.76. The molecular weight excluding hydrogens is 262 g/mol. The second-order valence-corrected chi connectivity index (χ2v) is 4.33. The first kappa shape index (κ1) is 14.1. The molecule has 1 fully saturated rings. The number of hydrogen-bond donors (Lipinski definition) is 2. The van der Waals surface area contributed by atoms with Crippen molar-refractivity contribution in [3.05, 3.63) is 30.3 Å². The molecule has 108 valence electrons. The third-order valence-electron chi connectivity index (χ3n) is 2.97. The lowest BCUT2D eigenvalue weighted by atomic mass is 10.2. The van der Waals surface area contributed by atoms with E-state index in [0.29, 0.717) is 18.9 Å². The summed E-state index contributed by atoms with van der Waals surface area (Å²) in [6.07, 6.45) is -0.575. The molecule has 1 atom stereocenters. The largest absolute Gasteiger partial charge is 0.484 e. The number of amides is 1. The lowest BCUT2D eigenvalue weighted by Crippen LogP contribution is -2.51. The molecule has 20 heavy (non-hydrogen) atoms. The number of para-hydroxylation sites is 1. The van der Waals surface area contributed by atoms with Crippen LogP contribution in [0.1, 0.15) is 0 Å². The van der Waals surface area contributed by atoms with E-state index in [-0.39, 0.29) is 24.9 Å². The van der Waals surface area contributed by atoms with Crippen molar-refractivity contribution in [1.29, 1.82) is 0 Å². The summed E-state index contributed by atoms with van der Waals surface area (Å²) in [5.41, 5.74) is 5.48. The minimum absolute atomic E-state index is 0.0357. The Morgan fingerprint density at radius 3 is 2.95 bits per heavy atom. The normalized spacial score (nSPS) is 19.7. The van der Waals surface area contributed by atoms with E-state index in [1.54, 1.807) is 17.0 Å². The average molecular weight is 279 g/mol. The summed E-state index contributed by atoms with van der Waals surface area (Å²) in [5.74, 6) is 0.446. The highest BCUT2D eigenvalue weighted by Gasteiger charge is 2.27. The predicted octanol–water partition coefficient (Wildman–Crippen LogP) is 0.0392. The van der Waals surface area contributed by atoms with Crippen molar-refractivity contribution in [2.45, 2.75) is 6.10 Å². The van der Waals surface area contributed by atoms with Crippen LogP contribution in [0.4, 0.5) is 0 Å². The summed E-state index contributed by atoms with van der Waals surface area (Å²) in [5, 5.41) is 11.5. The summed E-state index contributed by atoms with van der Waals surface area (Å²) >= 11 is 0. The van der Waals surface area contributed by atoms with E-state index in [1.807, 2.05) is 18.2 Å². The minimum Gasteiger partial charge on any atom is -0.484 e. The van der Waals surface area contributed by atoms with E-state index in [0.717, 1.165) is 0 Å². The molecule has 1 aromatic rings. The summed E-state index contributed by atoms with van der Waals surface area (Å²) in [4.78, 5) is 13.6. The number of carbonyl (C=O) groups is 1. The van der Waals surface area contributed by atoms with E-state index < -0.39 is 6.10 Å². The molecule has 0 aromatic heterocycles. The SMILES string of the molecule is N/C(=N/O)C1CN(C(=O)COc2ccccc2)CCO1. The fourth-order valence-corrected chi connectivity index (χ4v) is 1.87. The van der Waals surface area contributed by atoms with Gasteiger partial charge in [0.25, 0.3) is 5.91 Å². The van der Waals surface area contributed by atoms with Crippen LogP contribution in [0.3, 0.4) is 0 Å². The van der Waals surface area contributed by atoms with Gasteiger partial charge < -0.3 is 25.3 Å². The number of hydrogen-bond acceptors (Lipinski definition) is 5. The van der Waals surface area contributed by atoms with Crippen molar-refractivity contribution in [2.75, 3.05) is 26.3 Å². The molecule has 0 aliphatic carbocycles. The lowest BCUT2D eigenvalue weighted by Gasteiger charge is -2.32. The van der Waals surface area contributed by atoms with Crippen LogP contribution in [0.15, 0.2) is 35.5 Å². The molecule has 0 spiro atoms. The average Bonchev–Trinajstić information content (AvgIpc) is 2.53. The highest BCUT2D eigenvalue weighted by atomic mass is 16.5.